The van der Waals surface area contributed by atoms with Crippen molar-refractivity contribution >= 4 is 17.7 Å². The van der Waals surface area contributed by atoms with Crippen molar-refractivity contribution in [3.63, 3.8) is 0 Å². The molecule has 4 N–H and O–H groups in total. The van der Waals surface area contributed by atoms with Gasteiger partial charge in [-0.2, -0.15) is 0 Å². The van der Waals surface area contributed by atoms with E-state index in [0.29, 0.717) is 52.1 Å². The Kier molecular flexibility index (Phi) is 6.41. The van der Waals surface area contributed by atoms with E-state index in [-0.39, 0.29) is 16.9 Å². The Labute approximate surface area is 236 Å². The van der Waals surface area contributed by atoms with Crippen molar-refractivity contribution in [1.82, 2.24) is 35.0 Å². The van der Waals surface area contributed by atoms with Crippen LogP contribution in [0.4, 0.5) is 0 Å². The quantitative estimate of drug-likeness (QED) is 0.189. The SMILES string of the molecule is O=C(CC1CC1)c1cc(-c2cn(-c3ccc(C(=O)O)c(O)c3)nn2)nc(-c2cn(-c3ccc(C(=O)O)c(O)c3)nn2)c1. The number of aromatic carboxylic acids is 2. The third-order valence-corrected chi connectivity index (χ3v) is 6.78. The van der Waals surface area contributed by atoms with E-state index >= 15 is 0 Å². The lowest BCUT2D eigenvalue weighted by Crippen LogP contribution is -2.03. The van der Waals surface area contributed by atoms with Crippen LogP contribution in [0.5, 0.6) is 11.5 Å². The van der Waals surface area contributed by atoms with Crippen LogP contribution in [0.2, 0.25) is 0 Å². The maximum atomic E-state index is 13.1. The molecule has 1 saturated carbocycles. The Morgan fingerprint density at radius 3 is 1.60 bits per heavy atom. The van der Waals surface area contributed by atoms with Gasteiger partial charge in [-0.15, -0.1) is 10.2 Å². The summed E-state index contributed by atoms with van der Waals surface area (Å²) in [5, 5.41) is 55.0. The van der Waals surface area contributed by atoms with Crippen molar-refractivity contribution in [2.75, 3.05) is 0 Å². The minimum Gasteiger partial charge on any atom is -0.507 e. The molecule has 5 aromatic rings. The highest BCUT2D eigenvalue weighted by molar-refractivity contribution is 5.98. The topological polar surface area (TPSA) is 206 Å². The lowest BCUT2D eigenvalue weighted by Gasteiger charge is -2.06. The van der Waals surface area contributed by atoms with E-state index in [1.165, 1.54) is 58.2 Å². The van der Waals surface area contributed by atoms with Crippen LogP contribution in [0.25, 0.3) is 34.2 Å². The smallest absolute Gasteiger partial charge is 0.339 e. The van der Waals surface area contributed by atoms with E-state index in [9.17, 15) is 24.6 Å². The van der Waals surface area contributed by atoms with Crippen molar-refractivity contribution in [3.8, 4) is 45.6 Å². The van der Waals surface area contributed by atoms with Gasteiger partial charge in [0, 0.05) is 24.1 Å². The number of ketones is 1. The second-order valence-corrected chi connectivity index (χ2v) is 9.81. The highest BCUT2D eigenvalue weighted by atomic mass is 16.4. The number of hydrogen-bond acceptors (Lipinski definition) is 10. The molecule has 14 nitrogen and oxygen atoms in total. The average Bonchev–Trinajstić information content (AvgIpc) is 3.42. The van der Waals surface area contributed by atoms with Gasteiger partial charge >= 0.3 is 11.9 Å². The van der Waals surface area contributed by atoms with Crippen molar-refractivity contribution in [3.05, 3.63) is 77.6 Å². The number of carboxylic acids is 2. The summed E-state index contributed by atoms with van der Waals surface area (Å²) in [5.74, 6) is -3.12. The predicted molar refractivity (Wildman–Crippen MR) is 144 cm³/mol. The summed E-state index contributed by atoms with van der Waals surface area (Å²) >= 11 is 0. The van der Waals surface area contributed by atoms with E-state index in [2.05, 4.69) is 25.6 Å². The van der Waals surface area contributed by atoms with Crippen LogP contribution < -0.4 is 0 Å². The zero-order valence-electron chi connectivity index (χ0n) is 21.6. The Morgan fingerprint density at radius 1 is 0.714 bits per heavy atom. The molecule has 0 radical (unpaired) electrons. The molecule has 0 bridgehead atoms. The van der Waals surface area contributed by atoms with Crippen molar-refractivity contribution in [2.24, 2.45) is 5.92 Å². The van der Waals surface area contributed by atoms with Gasteiger partial charge in [-0.25, -0.2) is 23.9 Å². The van der Waals surface area contributed by atoms with Crippen LogP contribution in [0.3, 0.4) is 0 Å². The fourth-order valence-corrected chi connectivity index (χ4v) is 4.36. The number of pyridine rings is 1. The molecule has 0 unspecified atom stereocenters. The minimum atomic E-state index is -1.27. The number of carbonyl (C=O) groups is 3. The number of aromatic hydroxyl groups is 2. The Balaban J connectivity index is 1.37. The number of nitrogens with zero attached hydrogens (tertiary/aromatic N) is 7. The first kappa shape index (κ1) is 26.3. The number of carbonyl (C=O) groups excluding carboxylic acids is 1. The first-order valence-electron chi connectivity index (χ1n) is 12.7. The molecule has 1 aliphatic rings. The van der Waals surface area contributed by atoms with Crippen LogP contribution >= 0.6 is 0 Å². The number of hydrogen-bond donors (Lipinski definition) is 4. The van der Waals surface area contributed by atoms with Gasteiger partial charge in [-0.05, 0) is 55.2 Å². The number of rotatable bonds is 9. The highest BCUT2D eigenvalue weighted by Crippen LogP contribution is 2.34. The van der Waals surface area contributed by atoms with Gasteiger partial charge < -0.3 is 20.4 Å². The van der Waals surface area contributed by atoms with E-state index in [4.69, 9.17) is 10.2 Å². The predicted octanol–water partition coefficient (Wildman–Crippen LogP) is 3.37. The van der Waals surface area contributed by atoms with Gasteiger partial charge in [0.15, 0.2) is 5.78 Å². The molecule has 0 atom stereocenters. The van der Waals surface area contributed by atoms with Crippen LogP contribution in [-0.4, -0.2) is 73.1 Å². The molecule has 0 amide bonds. The van der Waals surface area contributed by atoms with Gasteiger partial charge in [0.05, 0.1) is 35.2 Å². The van der Waals surface area contributed by atoms with Crippen molar-refractivity contribution in [1.29, 1.82) is 0 Å². The molecular formula is C28H21N7O7. The summed E-state index contributed by atoms with van der Waals surface area (Å²) in [6, 6.07) is 11.1. The second-order valence-electron chi connectivity index (χ2n) is 9.81. The minimum absolute atomic E-state index is 0.0643. The fraction of sp³-hybridized carbons (Fsp3) is 0.143. The molecule has 0 spiro atoms. The Morgan fingerprint density at radius 2 is 1.19 bits per heavy atom. The lowest BCUT2D eigenvalue weighted by atomic mass is 10.0. The van der Waals surface area contributed by atoms with Crippen molar-refractivity contribution in [2.45, 2.75) is 19.3 Å². The van der Waals surface area contributed by atoms with Crippen LogP contribution in [0.15, 0.2) is 60.9 Å². The first-order chi connectivity index (χ1) is 20.2. The second kappa shape index (κ2) is 10.2. The number of carboxylic acid groups (broad SMARTS) is 2. The normalized spacial score (nSPS) is 12.8. The first-order valence-corrected chi connectivity index (χ1v) is 12.7. The molecule has 1 aliphatic carbocycles. The monoisotopic (exact) mass is 567 g/mol. The molecule has 1 fully saturated rings. The highest BCUT2D eigenvalue weighted by Gasteiger charge is 2.26. The summed E-state index contributed by atoms with van der Waals surface area (Å²) < 4.78 is 2.68. The third kappa shape index (κ3) is 5.15. The molecule has 42 heavy (non-hydrogen) atoms. The van der Waals surface area contributed by atoms with Crippen LogP contribution in [0, 0.1) is 5.92 Å². The Hall–Kier alpha value is -5.92. The average molecular weight is 568 g/mol. The number of aromatic nitrogens is 7. The molecule has 2 aromatic carbocycles. The maximum absolute atomic E-state index is 13.1. The molecule has 3 aromatic heterocycles. The summed E-state index contributed by atoms with van der Waals surface area (Å²) in [5.41, 5.74) is 1.86. The number of benzene rings is 2. The Bertz CT molecular complexity index is 1770. The molecule has 210 valence electrons. The molecule has 6 rings (SSSR count). The number of Topliss-reactive ketones (excluding diaryl/α,β-unsaturated/α-hetero) is 1. The summed E-state index contributed by atoms with van der Waals surface area (Å²) in [6.07, 6.45) is 5.45. The largest absolute Gasteiger partial charge is 0.507 e. The standard InChI is InChI=1S/C28H21N7O7/c36-24(7-14-1-2-14)15-8-20(22-12-34(32-30-22)16-3-5-18(27(39)40)25(37)10-16)29-21(9-15)23-13-35(33-31-23)17-4-6-19(28(41)42)26(38)11-17/h3-6,8-14,37-38H,1-2,7H2,(H,39,40)(H,41,42). The molecule has 3 heterocycles. The third-order valence-electron chi connectivity index (χ3n) is 6.78. The summed E-state index contributed by atoms with van der Waals surface area (Å²) in [4.78, 5) is 40.2. The summed E-state index contributed by atoms with van der Waals surface area (Å²) in [6.45, 7) is 0. The fourth-order valence-electron chi connectivity index (χ4n) is 4.36. The zero-order valence-corrected chi connectivity index (χ0v) is 21.6. The van der Waals surface area contributed by atoms with Gasteiger partial charge in [-0.1, -0.05) is 10.4 Å². The van der Waals surface area contributed by atoms with Gasteiger partial charge in [0.25, 0.3) is 0 Å². The van der Waals surface area contributed by atoms with Gasteiger partial charge in [0.2, 0.25) is 0 Å². The van der Waals surface area contributed by atoms with E-state index < -0.39 is 23.4 Å². The van der Waals surface area contributed by atoms with E-state index in [0.717, 1.165) is 12.8 Å². The van der Waals surface area contributed by atoms with E-state index in [1.807, 2.05) is 0 Å². The van der Waals surface area contributed by atoms with Gasteiger partial charge in [0.1, 0.15) is 34.0 Å². The molecule has 0 aliphatic heterocycles. The molecule has 0 saturated heterocycles. The van der Waals surface area contributed by atoms with E-state index in [1.54, 1.807) is 12.1 Å². The molecule has 14 heteroatoms. The lowest BCUT2D eigenvalue weighted by molar-refractivity contribution is 0.0682. The maximum Gasteiger partial charge on any atom is 0.339 e. The van der Waals surface area contributed by atoms with Gasteiger partial charge in [-0.3, -0.25) is 4.79 Å². The van der Waals surface area contributed by atoms with Crippen molar-refractivity contribution < 1.29 is 34.8 Å². The van der Waals surface area contributed by atoms with Crippen LogP contribution in [0.1, 0.15) is 50.3 Å². The molecular weight excluding hydrogens is 546 g/mol. The zero-order chi connectivity index (χ0) is 29.5. The summed E-state index contributed by atoms with van der Waals surface area (Å²) in [7, 11) is 0. The van der Waals surface area contributed by atoms with Crippen LogP contribution in [-0.2, 0) is 0 Å². The number of phenols is 2.